The third-order valence-electron chi connectivity index (χ3n) is 6.95. The molecule has 0 saturated carbocycles. The van der Waals surface area contributed by atoms with Gasteiger partial charge in [-0.05, 0) is 37.0 Å². The third-order valence-corrected chi connectivity index (χ3v) is 8.67. The summed E-state index contributed by atoms with van der Waals surface area (Å²) in [6.07, 6.45) is 16.7. The summed E-state index contributed by atoms with van der Waals surface area (Å²) >= 11 is 15.4. The summed E-state index contributed by atoms with van der Waals surface area (Å²) in [5, 5.41) is 0. The normalized spacial score (nSPS) is 12.1. The molecule has 0 spiro atoms. The van der Waals surface area contributed by atoms with E-state index in [0.29, 0.717) is 37.6 Å². The number of hydrogen-bond donors (Lipinski definition) is 0. The summed E-state index contributed by atoms with van der Waals surface area (Å²) in [4.78, 5) is 32.3. The summed E-state index contributed by atoms with van der Waals surface area (Å²) in [5.41, 5.74) is 0. The van der Waals surface area contributed by atoms with Crippen LogP contribution in [-0.2, 0) is 66.5 Å². The van der Waals surface area contributed by atoms with Crippen molar-refractivity contribution >= 4 is 78.3 Å². The van der Waals surface area contributed by atoms with Crippen LogP contribution >= 0.6 is 0 Å². The molecule has 0 aromatic rings. The Morgan fingerprint density at radius 3 is 0.886 bits per heavy atom. The molecule has 0 rings (SSSR count). The molecular formula is C34H66O6S3Sn. The Kier molecular flexibility index (Phi) is 50.2. The molecule has 0 aromatic heterocycles. The molecule has 6 nitrogen and oxygen atoms in total. The third kappa shape index (κ3) is 42.3. The first-order valence-corrected chi connectivity index (χ1v) is 20.7. The Morgan fingerprint density at radius 1 is 0.500 bits per heavy atom. The van der Waals surface area contributed by atoms with Gasteiger partial charge < -0.3 is 52.1 Å². The average Bonchev–Trinajstić information content (AvgIpc) is 3.05. The fraction of sp³-hybridized carbons (Fsp3) is 0.912. The van der Waals surface area contributed by atoms with Crippen molar-refractivity contribution in [1.82, 2.24) is 0 Å². The van der Waals surface area contributed by atoms with Crippen molar-refractivity contribution in [2.75, 3.05) is 37.1 Å². The number of unbranched alkanes of at least 4 members (excludes halogenated alkanes) is 4. The maximum atomic E-state index is 10.8. The second-order valence-corrected chi connectivity index (χ2v) is 13.1. The molecule has 3 unspecified atom stereocenters. The molecule has 0 amide bonds. The van der Waals surface area contributed by atoms with Crippen molar-refractivity contribution in [3.63, 3.8) is 0 Å². The molecule has 0 fully saturated rings. The van der Waals surface area contributed by atoms with E-state index in [9.17, 15) is 14.4 Å². The standard InChI is InChI=1S/3C10H20O2S.C4H9.Sn/c3*1-3-5-6-9(4-2)7-12-10(11)8-13;1-3-4-2;/h3*9,13H,3-8H2,1-2H3;1,3-4H2,2H3;/q;;;;+3/p-3. The van der Waals surface area contributed by atoms with Crippen LogP contribution in [0.2, 0.25) is 4.44 Å². The zero-order chi connectivity index (χ0) is 34.4. The average molecular weight is 786 g/mol. The van der Waals surface area contributed by atoms with Crippen LogP contribution < -0.4 is 0 Å². The molecule has 3 atom stereocenters. The molecule has 0 radical (unpaired) electrons. The van der Waals surface area contributed by atoms with Gasteiger partial charge in [0.2, 0.25) is 0 Å². The van der Waals surface area contributed by atoms with Crippen LogP contribution in [0.15, 0.2) is 0 Å². The fourth-order valence-corrected chi connectivity index (χ4v) is 4.89. The maximum absolute atomic E-state index is 10.8. The van der Waals surface area contributed by atoms with Gasteiger partial charge in [-0.2, -0.15) is 0 Å². The SMILES string of the molecule is CCCCC(CC)COC(=O)C[S-].CCCCC(CC)COC(=O)C[S-].CCCCC(CC)COC(=O)C[S-].CCC[CH2][Sn+3]. The Bertz CT molecular complexity index is 535. The van der Waals surface area contributed by atoms with Crippen molar-refractivity contribution in [3.8, 4) is 0 Å². The Balaban J connectivity index is -0.000000253. The fourth-order valence-electron chi connectivity index (χ4n) is 3.63. The predicted molar refractivity (Wildman–Crippen MR) is 195 cm³/mol. The molecular weight excluding hydrogens is 719 g/mol. The van der Waals surface area contributed by atoms with Crippen LogP contribution in [0.4, 0.5) is 0 Å². The van der Waals surface area contributed by atoms with E-state index in [2.05, 4.69) is 86.4 Å². The molecule has 0 aliphatic heterocycles. The van der Waals surface area contributed by atoms with Crippen LogP contribution in [-0.4, -0.2) is 77.5 Å². The summed E-state index contributed by atoms with van der Waals surface area (Å²) in [5.74, 6) is 1.000. The van der Waals surface area contributed by atoms with Crippen molar-refractivity contribution < 1.29 is 28.6 Å². The van der Waals surface area contributed by atoms with E-state index in [4.69, 9.17) is 14.2 Å². The number of carbonyl (C=O) groups excluding carboxylic acids is 3. The number of rotatable bonds is 23. The van der Waals surface area contributed by atoms with E-state index in [0.717, 1.165) is 38.5 Å². The van der Waals surface area contributed by atoms with Gasteiger partial charge in [-0.25, -0.2) is 0 Å². The van der Waals surface area contributed by atoms with Gasteiger partial charge >= 0.3 is 46.7 Å². The first-order chi connectivity index (χ1) is 21.1. The molecule has 0 N–H and O–H groups in total. The van der Waals surface area contributed by atoms with E-state index >= 15 is 0 Å². The monoisotopic (exact) mass is 786 g/mol. The minimum atomic E-state index is -0.259. The van der Waals surface area contributed by atoms with E-state index in [1.54, 1.807) is 22.5 Å². The van der Waals surface area contributed by atoms with Crippen LogP contribution in [0.5, 0.6) is 0 Å². The van der Waals surface area contributed by atoms with Crippen LogP contribution in [0.1, 0.15) is 138 Å². The molecule has 0 heterocycles. The molecule has 0 bridgehead atoms. The van der Waals surface area contributed by atoms with Crippen molar-refractivity contribution in [1.29, 1.82) is 0 Å². The van der Waals surface area contributed by atoms with Crippen molar-refractivity contribution in [2.24, 2.45) is 17.8 Å². The van der Waals surface area contributed by atoms with Crippen molar-refractivity contribution in [3.05, 3.63) is 0 Å². The molecule has 0 aliphatic rings. The molecule has 10 heteroatoms. The Labute approximate surface area is 302 Å². The molecule has 0 aliphatic carbocycles. The molecule has 260 valence electrons. The minimum absolute atomic E-state index is 0.0736. The summed E-state index contributed by atoms with van der Waals surface area (Å²) in [6.45, 7) is 16.8. The first kappa shape index (κ1) is 51.1. The van der Waals surface area contributed by atoms with E-state index < -0.39 is 0 Å². The zero-order valence-corrected chi connectivity index (χ0v) is 34.6. The van der Waals surface area contributed by atoms with Gasteiger partial charge in [0.15, 0.2) is 0 Å². The topological polar surface area (TPSA) is 78.9 Å². The number of esters is 3. The Morgan fingerprint density at radius 2 is 0.750 bits per heavy atom. The summed E-state index contributed by atoms with van der Waals surface area (Å²) < 4.78 is 16.4. The second-order valence-electron chi connectivity index (χ2n) is 10.8. The quantitative estimate of drug-likeness (QED) is 0.0441. The van der Waals surface area contributed by atoms with Crippen molar-refractivity contribution in [2.45, 2.75) is 143 Å². The summed E-state index contributed by atoms with van der Waals surface area (Å²) in [7, 11) is 0. The van der Waals surface area contributed by atoms with E-state index in [-0.39, 0.29) is 35.2 Å². The van der Waals surface area contributed by atoms with Crippen LogP contribution in [0, 0.1) is 17.8 Å². The van der Waals surface area contributed by atoms with Gasteiger partial charge in [-0.1, -0.05) is 117 Å². The summed E-state index contributed by atoms with van der Waals surface area (Å²) in [6, 6.07) is 0. The number of carbonyl (C=O) groups is 3. The van der Waals surface area contributed by atoms with Gasteiger partial charge in [-0.3, -0.25) is 14.4 Å². The van der Waals surface area contributed by atoms with Gasteiger partial charge in [0, 0.05) is 0 Å². The van der Waals surface area contributed by atoms with E-state index in [1.807, 2.05) is 0 Å². The number of hydrogen-bond acceptors (Lipinski definition) is 9. The van der Waals surface area contributed by atoms with Crippen LogP contribution in [0.25, 0.3) is 0 Å². The van der Waals surface area contributed by atoms with Crippen LogP contribution in [0.3, 0.4) is 0 Å². The molecule has 44 heavy (non-hydrogen) atoms. The number of ether oxygens (including phenoxy) is 3. The van der Waals surface area contributed by atoms with E-state index in [1.165, 1.54) is 55.8 Å². The van der Waals surface area contributed by atoms with Gasteiger partial charge in [0.25, 0.3) is 17.9 Å². The first-order valence-electron chi connectivity index (χ1n) is 17.0. The second kappa shape index (κ2) is 43.3. The Hall–Kier alpha value is 0.259. The predicted octanol–water partition coefficient (Wildman–Crippen LogP) is 8.25. The molecule has 0 aromatic carbocycles. The van der Waals surface area contributed by atoms with Gasteiger partial charge in [0.1, 0.15) is 0 Å². The van der Waals surface area contributed by atoms with Gasteiger partial charge in [-0.15, -0.1) is 0 Å². The molecule has 0 saturated heterocycles. The van der Waals surface area contributed by atoms with Gasteiger partial charge in [0.05, 0.1) is 19.8 Å². The zero-order valence-electron chi connectivity index (χ0n) is 29.3.